The van der Waals surface area contributed by atoms with Crippen LogP contribution in [0.1, 0.15) is 27.2 Å². The molecule has 0 aliphatic carbocycles. The van der Waals surface area contributed by atoms with Gasteiger partial charge < -0.3 is 16.0 Å². The molecule has 3 N–H and O–H groups in total. The van der Waals surface area contributed by atoms with Crippen LogP contribution >= 0.6 is 0 Å². The van der Waals surface area contributed by atoms with Gasteiger partial charge in [0, 0.05) is 13.1 Å². The third kappa shape index (κ3) is 4.86. The average molecular weight is 296 g/mol. The largest absolute Gasteiger partial charge is 0.354 e. The molecule has 0 aliphatic rings. The van der Waals surface area contributed by atoms with Crippen LogP contribution in [-0.2, 0) is 4.79 Å². The van der Waals surface area contributed by atoms with Gasteiger partial charge in [-0.2, -0.15) is 4.98 Å². The van der Waals surface area contributed by atoms with Crippen molar-refractivity contribution in [1.29, 1.82) is 0 Å². The lowest BCUT2D eigenvalue weighted by Crippen LogP contribution is -2.38. The minimum atomic E-state index is -0.639. The van der Waals surface area contributed by atoms with Crippen LogP contribution in [-0.4, -0.2) is 39.9 Å². The molecule has 0 radical (unpaired) electrons. The number of rotatable bonds is 8. The number of anilines is 2. The van der Waals surface area contributed by atoms with E-state index in [1.165, 1.54) is 0 Å². The quantitative estimate of drug-likeness (QED) is 0.485. The Bertz CT molecular complexity index is 508. The Labute approximate surface area is 122 Å². The molecule has 0 aromatic carbocycles. The van der Waals surface area contributed by atoms with Crippen LogP contribution < -0.4 is 16.0 Å². The van der Waals surface area contributed by atoms with Gasteiger partial charge in [-0.15, -0.1) is 0 Å². The van der Waals surface area contributed by atoms with Gasteiger partial charge in [0.05, 0.1) is 4.92 Å². The molecule has 0 aliphatic heterocycles. The molecule has 1 aromatic rings. The van der Waals surface area contributed by atoms with Crippen LogP contribution in [0.5, 0.6) is 0 Å². The van der Waals surface area contributed by atoms with Crippen LogP contribution in [0.4, 0.5) is 17.5 Å². The number of amides is 1. The number of hydrogen-bond donors (Lipinski definition) is 3. The van der Waals surface area contributed by atoms with Gasteiger partial charge in [0.1, 0.15) is 12.2 Å². The fraction of sp³-hybridized carbons (Fsp3) is 0.583. The highest BCUT2D eigenvalue weighted by molar-refractivity contribution is 5.84. The molecular weight excluding hydrogens is 276 g/mol. The van der Waals surface area contributed by atoms with Gasteiger partial charge in [0.25, 0.3) is 0 Å². The Morgan fingerprint density at radius 3 is 2.76 bits per heavy atom. The summed E-state index contributed by atoms with van der Waals surface area (Å²) in [5.74, 6) is 0.0478. The van der Waals surface area contributed by atoms with Gasteiger partial charge in [-0.25, -0.2) is 4.98 Å². The van der Waals surface area contributed by atoms with Gasteiger partial charge in [0.2, 0.25) is 17.7 Å². The van der Waals surface area contributed by atoms with Crippen molar-refractivity contribution >= 4 is 23.4 Å². The first-order valence-electron chi connectivity index (χ1n) is 6.79. The summed E-state index contributed by atoms with van der Waals surface area (Å²) in [6.45, 7) is 6.56. The second-order valence-electron chi connectivity index (χ2n) is 4.37. The van der Waals surface area contributed by atoms with Gasteiger partial charge in [0.15, 0.2) is 0 Å². The van der Waals surface area contributed by atoms with E-state index in [4.69, 9.17) is 0 Å². The molecule has 0 spiro atoms. The summed E-state index contributed by atoms with van der Waals surface area (Å²) in [7, 11) is 0. The van der Waals surface area contributed by atoms with Crippen LogP contribution in [0, 0.1) is 10.1 Å². The SMILES string of the molecule is CCCNC(=O)C(C)Nc1nc(NCC)ncc1[N+](=O)[O-]. The van der Waals surface area contributed by atoms with Gasteiger partial charge in [-0.1, -0.05) is 6.92 Å². The maximum atomic E-state index is 11.8. The molecule has 1 aromatic heterocycles. The lowest BCUT2D eigenvalue weighted by molar-refractivity contribution is -0.384. The number of aromatic nitrogens is 2. The zero-order valence-electron chi connectivity index (χ0n) is 12.3. The number of nitrogens with zero attached hydrogens (tertiary/aromatic N) is 3. The van der Waals surface area contributed by atoms with E-state index in [2.05, 4.69) is 25.9 Å². The van der Waals surface area contributed by atoms with Crippen LogP contribution in [0.3, 0.4) is 0 Å². The molecule has 1 amide bonds. The van der Waals surface area contributed by atoms with Crippen molar-refractivity contribution in [1.82, 2.24) is 15.3 Å². The maximum absolute atomic E-state index is 11.8. The molecule has 0 saturated carbocycles. The molecule has 9 nitrogen and oxygen atoms in total. The molecule has 0 bridgehead atoms. The number of carbonyl (C=O) groups is 1. The average Bonchev–Trinajstić information content (AvgIpc) is 2.44. The molecule has 0 saturated heterocycles. The Morgan fingerprint density at radius 2 is 2.19 bits per heavy atom. The first-order valence-corrected chi connectivity index (χ1v) is 6.79. The molecule has 116 valence electrons. The molecule has 21 heavy (non-hydrogen) atoms. The van der Waals surface area contributed by atoms with E-state index in [-0.39, 0.29) is 23.4 Å². The highest BCUT2D eigenvalue weighted by atomic mass is 16.6. The number of carbonyl (C=O) groups excluding carboxylic acids is 1. The van der Waals surface area contributed by atoms with Crippen molar-refractivity contribution in [2.24, 2.45) is 0 Å². The van der Waals surface area contributed by atoms with Gasteiger partial charge in [-0.05, 0) is 20.3 Å². The van der Waals surface area contributed by atoms with Crippen molar-refractivity contribution < 1.29 is 9.72 Å². The normalized spacial score (nSPS) is 11.6. The fourth-order valence-corrected chi connectivity index (χ4v) is 1.53. The Hall–Kier alpha value is -2.45. The van der Waals surface area contributed by atoms with Crippen molar-refractivity contribution in [3.8, 4) is 0 Å². The second kappa shape index (κ2) is 7.98. The Kier molecular flexibility index (Phi) is 6.31. The smallest absolute Gasteiger partial charge is 0.329 e. The predicted molar refractivity (Wildman–Crippen MR) is 79.2 cm³/mol. The van der Waals surface area contributed by atoms with E-state index < -0.39 is 11.0 Å². The highest BCUT2D eigenvalue weighted by Gasteiger charge is 2.21. The number of hydrogen-bond acceptors (Lipinski definition) is 7. The summed E-state index contributed by atoms with van der Waals surface area (Å²) in [4.78, 5) is 30.1. The van der Waals surface area contributed by atoms with Crippen LogP contribution in [0.25, 0.3) is 0 Å². The summed E-state index contributed by atoms with van der Waals surface area (Å²) in [5, 5.41) is 19.3. The number of nitrogens with one attached hydrogen (secondary N) is 3. The lowest BCUT2D eigenvalue weighted by atomic mass is 10.3. The van der Waals surface area contributed by atoms with E-state index in [0.29, 0.717) is 13.1 Å². The van der Waals surface area contributed by atoms with Crippen LogP contribution in [0.2, 0.25) is 0 Å². The van der Waals surface area contributed by atoms with Gasteiger partial charge in [-0.3, -0.25) is 14.9 Å². The van der Waals surface area contributed by atoms with Gasteiger partial charge >= 0.3 is 5.69 Å². The Balaban J connectivity index is 2.90. The molecule has 1 rings (SSSR count). The lowest BCUT2D eigenvalue weighted by Gasteiger charge is -2.14. The molecule has 0 fully saturated rings. The predicted octanol–water partition coefficient (Wildman–Crippen LogP) is 1.14. The van der Waals surface area contributed by atoms with E-state index in [1.54, 1.807) is 6.92 Å². The van der Waals surface area contributed by atoms with Crippen LogP contribution in [0.15, 0.2) is 6.20 Å². The topological polar surface area (TPSA) is 122 Å². The van der Waals surface area contributed by atoms with E-state index in [0.717, 1.165) is 12.6 Å². The third-order valence-electron chi connectivity index (χ3n) is 2.60. The molecule has 9 heteroatoms. The van der Waals surface area contributed by atoms with E-state index in [1.807, 2.05) is 13.8 Å². The minimum absolute atomic E-state index is 0.0186. The van der Waals surface area contributed by atoms with Crippen molar-refractivity contribution in [3.05, 3.63) is 16.3 Å². The standard InChI is InChI=1S/C12H20N6O3/c1-4-6-14-11(19)8(3)16-10-9(18(20)21)7-15-12(17-10)13-5-2/h7-8H,4-6H2,1-3H3,(H,14,19)(H2,13,15,16,17). The molecule has 1 unspecified atom stereocenters. The Morgan fingerprint density at radius 1 is 1.48 bits per heavy atom. The highest BCUT2D eigenvalue weighted by Crippen LogP contribution is 2.22. The fourth-order valence-electron chi connectivity index (χ4n) is 1.53. The molecular formula is C12H20N6O3. The summed E-state index contributed by atoms with van der Waals surface area (Å²) in [6, 6.07) is -0.639. The molecule has 1 heterocycles. The summed E-state index contributed by atoms with van der Waals surface area (Å²) in [5.41, 5.74) is -0.271. The van der Waals surface area contributed by atoms with E-state index in [9.17, 15) is 14.9 Å². The van der Waals surface area contributed by atoms with Crippen molar-refractivity contribution in [3.63, 3.8) is 0 Å². The second-order valence-corrected chi connectivity index (χ2v) is 4.37. The summed E-state index contributed by atoms with van der Waals surface area (Å²) >= 11 is 0. The monoisotopic (exact) mass is 296 g/mol. The van der Waals surface area contributed by atoms with Crippen molar-refractivity contribution in [2.45, 2.75) is 33.2 Å². The summed E-state index contributed by atoms with van der Waals surface area (Å²) in [6.07, 6.45) is 1.93. The first-order chi connectivity index (χ1) is 9.99. The number of nitro groups is 1. The van der Waals surface area contributed by atoms with Crippen molar-refractivity contribution in [2.75, 3.05) is 23.7 Å². The first kappa shape index (κ1) is 16.6. The maximum Gasteiger partial charge on any atom is 0.329 e. The third-order valence-corrected chi connectivity index (χ3v) is 2.60. The zero-order valence-corrected chi connectivity index (χ0v) is 12.3. The summed E-state index contributed by atoms with van der Waals surface area (Å²) < 4.78 is 0. The molecule has 1 atom stereocenters. The minimum Gasteiger partial charge on any atom is -0.354 e. The zero-order chi connectivity index (χ0) is 15.8. The van der Waals surface area contributed by atoms with E-state index >= 15 is 0 Å².